The van der Waals surface area contributed by atoms with Crippen LogP contribution in [-0.4, -0.2) is 89.1 Å². The second-order valence-corrected chi connectivity index (χ2v) is 12.1. The summed E-state index contributed by atoms with van der Waals surface area (Å²) in [6.07, 6.45) is 4.35. The van der Waals surface area contributed by atoms with Gasteiger partial charge in [0.25, 0.3) is 0 Å². The summed E-state index contributed by atoms with van der Waals surface area (Å²) in [7, 11) is -3.66. The van der Waals surface area contributed by atoms with E-state index in [1.807, 2.05) is 17.0 Å². The van der Waals surface area contributed by atoms with E-state index >= 15 is 0 Å². The SMILES string of the molecule is O=C(Cc1ccc(Cl)cc1)N1CCN(S(=O)(=O)Cc2ccon2)[C@H]2CCC[C@H](N3CC[C@H](O)C3)[C@H]21. The molecule has 0 radical (unpaired) electrons. The lowest BCUT2D eigenvalue weighted by Crippen LogP contribution is -2.69. The minimum absolute atomic E-state index is 0.00474. The fourth-order valence-electron chi connectivity index (χ4n) is 5.95. The third kappa shape index (κ3) is 5.27. The van der Waals surface area contributed by atoms with E-state index in [0.717, 1.165) is 24.9 Å². The molecule has 1 aromatic heterocycles. The first-order valence-corrected chi connectivity index (χ1v) is 14.2. The van der Waals surface area contributed by atoms with Crippen LogP contribution in [0.2, 0.25) is 5.02 Å². The van der Waals surface area contributed by atoms with E-state index < -0.39 is 10.0 Å². The van der Waals surface area contributed by atoms with E-state index in [2.05, 4.69) is 10.1 Å². The number of fused-ring (bicyclic) bond motifs is 1. The number of nitrogens with zero attached hydrogens (tertiary/aromatic N) is 4. The zero-order valence-electron chi connectivity index (χ0n) is 19.5. The van der Waals surface area contributed by atoms with Gasteiger partial charge in [0.15, 0.2) is 0 Å². The first-order chi connectivity index (χ1) is 16.8. The molecule has 0 bridgehead atoms. The monoisotopic (exact) mass is 522 g/mol. The highest BCUT2D eigenvalue weighted by Gasteiger charge is 2.50. The minimum atomic E-state index is -3.66. The molecule has 4 atom stereocenters. The van der Waals surface area contributed by atoms with E-state index in [0.29, 0.717) is 36.6 Å². The molecule has 3 heterocycles. The van der Waals surface area contributed by atoms with Gasteiger partial charge >= 0.3 is 0 Å². The van der Waals surface area contributed by atoms with Crippen LogP contribution in [0.15, 0.2) is 41.1 Å². The van der Waals surface area contributed by atoms with Crippen molar-refractivity contribution in [2.75, 3.05) is 26.2 Å². The van der Waals surface area contributed by atoms with Gasteiger partial charge in [0, 0.05) is 49.4 Å². The topological polar surface area (TPSA) is 107 Å². The molecule has 0 spiro atoms. The van der Waals surface area contributed by atoms with Crippen LogP contribution in [0, 0.1) is 0 Å². The lowest BCUT2D eigenvalue weighted by Gasteiger charge is -2.54. The van der Waals surface area contributed by atoms with Gasteiger partial charge in [0.2, 0.25) is 15.9 Å². The number of likely N-dealkylation sites (tertiary alicyclic amines) is 1. The zero-order chi connectivity index (χ0) is 24.6. The molecular formula is C24H31ClN4O5S. The van der Waals surface area contributed by atoms with Crippen molar-refractivity contribution in [1.82, 2.24) is 19.3 Å². The summed E-state index contributed by atoms with van der Waals surface area (Å²) in [5.74, 6) is -0.235. The first kappa shape index (κ1) is 24.7. The Hall–Kier alpha value is -1.98. The molecule has 1 amide bonds. The van der Waals surface area contributed by atoms with Gasteiger partial charge in [-0.3, -0.25) is 9.69 Å². The number of aliphatic hydroxyl groups is 1. The molecule has 1 N–H and O–H groups in total. The average molecular weight is 523 g/mol. The fourth-order valence-corrected chi connectivity index (χ4v) is 7.77. The van der Waals surface area contributed by atoms with Crippen LogP contribution in [0.3, 0.4) is 0 Å². The van der Waals surface area contributed by atoms with Crippen LogP contribution in [0.4, 0.5) is 0 Å². The molecule has 2 saturated heterocycles. The molecular weight excluding hydrogens is 492 g/mol. The molecule has 35 heavy (non-hydrogen) atoms. The number of benzene rings is 1. The van der Waals surface area contributed by atoms with E-state index in [9.17, 15) is 18.3 Å². The predicted molar refractivity (Wildman–Crippen MR) is 130 cm³/mol. The molecule has 1 saturated carbocycles. The van der Waals surface area contributed by atoms with Crippen molar-refractivity contribution < 1.29 is 22.8 Å². The normalized spacial score (nSPS) is 28.2. The smallest absolute Gasteiger partial charge is 0.227 e. The van der Waals surface area contributed by atoms with Crippen molar-refractivity contribution in [2.24, 2.45) is 0 Å². The molecule has 1 aromatic carbocycles. The summed E-state index contributed by atoms with van der Waals surface area (Å²) in [6, 6.07) is 8.24. The van der Waals surface area contributed by atoms with E-state index in [-0.39, 0.29) is 48.9 Å². The van der Waals surface area contributed by atoms with Gasteiger partial charge in [-0.25, -0.2) is 8.42 Å². The zero-order valence-corrected chi connectivity index (χ0v) is 21.1. The van der Waals surface area contributed by atoms with Gasteiger partial charge in [-0.05, 0) is 37.0 Å². The summed E-state index contributed by atoms with van der Waals surface area (Å²) < 4.78 is 33.4. The molecule has 2 aliphatic heterocycles. The summed E-state index contributed by atoms with van der Waals surface area (Å²) in [5, 5.41) is 14.6. The van der Waals surface area contributed by atoms with Crippen LogP contribution >= 0.6 is 11.6 Å². The van der Waals surface area contributed by atoms with Crippen LogP contribution in [0.5, 0.6) is 0 Å². The Kier molecular flexibility index (Phi) is 7.18. The Bertz CT molecular complexity index is 1130. The number of aliphatic hydroxyl groups excluding tert-OH is 1. The number of hydrogen-bond donors (Lipinski definition) is 1. The molecule has 2 aromatic rings. The molecule has 190 valence electrons. The minimum Gasteiger partial charge on any atom is -0.392 e. The molecule has 0 unspecified atom stereocenters. The van der Waals surface area contributed by atoms with Crippen molar-refractivity contribution in [3.63, 3.8) is 0 Å². The number of β-amino-alcohol motifs (C(OH)–C–C–N with tert-alkyl or cyclic N) is 1. The number of aromatic nitrogens is 1. The maximum atomic E-state index is 13.6. The lowest BCUT2D eigenvalue weighted by atomic mass is 9.82. The number of carbonyl (C=O) groups excluding carboxylic acids is 1. The first-order valence-electron chi connectivity index (χ1n) is 12.2. The average Bonchev–Trinajstić information content (AvgIpc) is 3.50. The molecule has 3 fully saturated rings. The van der Waals surface area contributed by atoms with Gasteiger partial charge in [-0.2, -0.15) is 4.31 Å². The number of carbonyl (C=O) groups is 1. The Balaban J connectivity index is 1.43. The van der Waals surface area contributed by atoms with Crippen LogP contribution in [0.25, 0.3) is 0 Å². The lowest BCUT2D eigenvalue weighted by molar-refractivity contribution is -0.140. The number of piperazine rings is 1. The maximum absolute atomic E-state index is 13.6. The highest BCUT2D eigenvalue weighted by molar-refractivity contribution is 7.88. The number of amides is 1. The highest BCUT2D eigenvalue weighted by Crippen LogP contribution is 2.37. The fraction of sp³-hybridized carbons (Fsp3) is 0.583. The molecule has 11 heteroatoms. The van der Waals surface area contributed by atoms with Gasteiger partial charge in [0.1, 0.15) is 12.0 Å². The van der Waals surface area contributed by atoms with Crippen molar-refractivity contribution >= 4 is 27.5 Å². The van der Waals surface area contributed by atoms with Gasteiger partial charge in [-0.1, -0.05) is 35.3 Å². The molecule has 5 rings (SSSR count). The molecule has 9 nitrogen and oxygen atoms in total. The van der Waals surface area contributed by atoms with Crippen molar-refractivity contribution in [3.8, 4) is 0 Å². The van der Waals surface area contributed by atoms with Gasteiger partial charge < -0.3 is 14.5 Å². The van der Waals surface area contributed by atoms with Crippen molar-refractivity contribution in [3.05, 3.63) is 52.9 Å². The van der Waals surface area contributed by atoms with Crippen molar-refractivity contribution in [2.45, 2.75) is 62.1 Å². The summed E-state index contributed by atoms with van der Waals surface area (Å²) >= 11 is 6.01. The molecule has 3 aliphatic rings. The number of sulfonamides is 1. The van der Waals surface area contributed by atoms with E-state index in [1.165, 1.54) is 6.26 Å². The standard InChI is InChI=1S/C24H31ClN4O5S/c25-18-6-4-17(5-7-18)14-23(31)28-11-12-29(35(32,33)16-19-9-13-34-26-19)22-3-1-2-21(24(22)28)27-10-8-20(30)15-27/h4-7,9,13,20-22,24,30H,1-3,8,10-12,14-16H2/t20-,21-,22-,24+/m0/s1. The Morgan fingerprint density at radius 1 is 1.09 bits per heavy atom. The van der Waals surface area contributed by atoms with Gasteiger partial charge in [0.05, 0.1) is 24.3 Å². The Morgan fingerprint density at radius 2 is 1.86 bits per heavy atom. The Morgan fingerprint density at radius 3 is 2.54 bits per heavy atom. The summed E-state index contributed by atoms with van der Waals surface area (Å²) in [5.41, 5.74) is 1.25. The van der Waals surface area contributed by atoms with E-state index in [1.54, 1.807) is 22.5 Å². The second kappa shape index (κ2) is 10.2. The van der Waals surface area contributed by atoms with Crippen LogP contribution in [-0.2, 0) is 27.0 Å². The largest absolute Gasteiger partial charge is 0.392 e. The number of rotatable bonds is 6. The third-order valence-corrected chi connectivity index (χ3v) is 9.59. The number of halogens is 1. The molecule has 1 aliphatic carbocycles. The second-order valence-electron chi connectivity index (χ2n) is 9.74. The van der Waals surface area contributed by atoms with E-state index in [4.69, 9.17) is 16.1 Å². The summed E-state index contributed by atoms with van der Waals surface area (Å²) in [6.45, 7) is 1.89. The quantitative estimate of drug-likeness (QED) is 0.617. The Labute approximate surface area is 210 Å². The number of hydrogen-bond acceptors (Lipinski definition) is 7. The van der Waals surface area contributed by atoms with Gasteiger partial charge in [-0.15, -0.1) is 0 Å². The highest BCUT2D eigenvalue weighted by atomic mass is 35.5. The summed E-state index contributed by atoms with van der Waals surface area (Å²) in [4.78, 5) is 17.7. The van der Waals surface area contributed by atoms with Crippen LogP contribution in [0.1, 0.15) is 36.9 Å². The van der Waals surface area contributed by atoms with Crippen LogP contribution < -0.4 is 0 Å². The maximum Gasteiger partial charge on any atom is 0.227 e. The predicted octanol–water partition coefficient (Wildman–Crippen LogP) is 1.90. The third-order valence-electron chi connectivity index (χ3n) is 7.51. The van der Waals surface area contributed by atoms with Crippen molar-refractivity contribution in [1.29, 1.82) is 0 Å².